The second kappa shape index (κ2) is 39.9. The summed E-state index contributed by atoms with van der Waals surface area (Å²) in [5.74, 6) is -24.9. The lowest BCUT2D eigenvalue weighted by Gasteiger charge is -2.50. The molecule has 8 aromatic carbocycles. The summed E-state index contributed by atoms with van der Waals surface area (Å²) in [5.41, 5.74) is -1.48. The first-order valence-corrected chi connectivity index (χ1v) is 55.9. The number of fused-ring (bicyclic) bond motifs is 12. The van der Waals surface area contributed by atoms with Gasteiger partial charge in [-0.2, -0.15) is 8.78 Å². The van der Waals surface area contributed by atoms with Crippen LogP contribution in [0.15, 0.2) is 165 Å². The van der Waals surface area contributed by atoms with Gasteiger partial charge in [-0.25, -0.2) is 117 Å². The molecule has 4 N–H and O–H groups in total. The van der Waals surface area contributed by atoms with Gasteiger partial charge in [0, 0.05) is 83.8 Å². The van der Waals surface area contributed by atoms with Crippen LogP contribution in [0.5, 0.6) is 23.0 Å². The van der Waals surface area contributed by atoms with Gasteiger partial charge in [-0.05, 0) is 240 Å². The number of nitrogens with one attached hydrogen (secondary N) is 4. The molecule has 9 aliphatic rings. The predicted octanol–water partition coefficient (Wildman–Crippen LogP) is 17.8. The van der Waals surface area contributed by atoms with Crippen molar-refractivity contribution in [2.75, 3.05) is 64.1 Å². The molecule has 0 spiro atoms. The van der Waals surface area contributed by atoms with Gasteiger partial charge < -0.3 is 24.3 Å². The number of hydrogen-bond acceptors (Lipinski definition) is 19. The molecule has 0 aromatic heterocycles. The Bertz CT molecular complexity index is 6800. The highest BCUT2D eigenvalue weighted by atomic mass is 35.5. The second-order valence-corrected chi connectivity index (χ2v) is 52.2. The number of carbonyl (C=O) groups is 1. The third-order valence-corrected chi connectivity index (χ3v) is 43.6. The monoisotopic (exact) mass is 2140 g/mol. The van der Waals surface area contributed by atoms with Crippen LogP contribution < -0.4 is 38.4 Å². The van der Waals surface area contributed by atoms with Gasteiger partial charge in [0.25, 0.3) is 11.8 Å². The van der Waals surface area contributed by atoms with E-state index in [0.29, 0.717) is 80.3 Å². The minimum atomic E-state index is -4.41. The fourth-order valence-electron chi connectivity index (χ4n) is 21.1. The van der Waals surface area contributed by atoms with Crippen molar-refractivity contribution in [3.63, 3.8) is 0 Å². The van der Waals surface area contributed by atoms with Gasteiger partial charge in [0.15, 0.2) is 85.6 Å². The van der Waals surface area contributed by atoms with Gasteiger partial charge in [0.1, 0.15) is 48.0 Å². The third kappa shape index (κ3) is 20.1. The minimum absolute atomic E-state index is 0.0109. The first kappa shape index (κ1) is 105. The number of ether oxygens (including phenoxy) is 4. The topological polar surface area (TPSA) is 341 Å². The van der Waals surface area contributed by atoms with E-state index >= 15 is 17.6 Å². The quantitative estimate of drug-likeness (QED) is 0.0408. The highest BCUT2D eigenvalue weighted by Gasteiger charge is 2.66. The van der Waals surface area contributed by atoms with Crippen LogP contribution in [-0.4, -0.2) is 146 Å². The number of alkyl halides is 4. The van der Waals surface area contributed by atoms with E-state index in [1.54, 1.807) is 0 Å². The van der Waals surface area contributed by atoms with E-state index in [9.17, 15) is 98.8 Å². The molecule has 137 heavy (non-hydrogen) atoms. The molecule has 8 aromatic rings. The summed E-state index contributed by atoms with van der Waals surface area (Å²) in [7, 11) is -28.7. The Labute approximate surface area is 805 Å². The molecule has 5 saturated carbocycles. The first-order chi connectivity index (χ1) is 64.2. The molecule has 0 radical (unpaired) electrons. The minimum Gasteiger partial charge on any atom is -0.490 e. The Hall–Kier alpha value is -7.72. The van der Waals surface area contributed by atoms with Crippen molar-refractivity contribution >= 4 is 122 Å². The van der Waals surface area contributed by atoms with Crippen LogP contribution in [0, 0.1) is 93.9 Å². The summed E-state index contributed by atoms with van der Waals surface area (Å²) in [6.45, 7) is 0.809. The van der Waals surface area contributed by atoms with E-state index in [0.717, 1.165) is 48.5 Å². The number of amides is 1. The summed E-state index contributed by atoms with van der Waals surface area (Å²) in [6, 6.07) is 28.8. The van der Waals surface area contributed by atoms with Gasteiger partial charge >= 0.3 is 5.92 Å². The summed E-state index contributed by atoms with van der Waals surface area (Å²) >= 11 is 23.7. The Kier molecular flexibility index (Phi) is 30.6. The largest absolute Gasteiger partial charge is 0.490 e. The molecule has 0 bridgehead atoms. The van der Waals surface area contributed by atoms with Crippen LogP contribution >= 0.6 is 46.4 Å². The Morgan fingerprint density at radius 3 is 0.832 bits per heavy atom. The van der Waals surface area contributed by atoms with Crippen molar-refractivity contribution in [3.8, 4) is 23.0 Å². The molecule has 0 saturated heterocycles. The molecule has 4 heterocycles. The standard InChI is InChI=1S/C23H24ClF4NO5S2.C23H22ClF4NO4S.C23H24ClF2NO5S2.C22H24ClF2NO5S2/c1-22(27,28)13-35(30,31)29-11-14-3-2-10-23(36(32,33)16-6-4-15(24)5-7-16)17(14)12-34-21-19(26)9-8-18(25)20(21)23;1-22(27,28)21(30)29-11-13-3-2-10-23(34(31,32)15-6-4-14(24)5-7-15)16(13)12-33-20-18(26)9-8-17(25)19(20)23;24-15-3-5-16(6-4-15)33(28,29)23-11-1-2-14(12-27-34(30,31)17-7-8-17)18(23)13-32-22-20(26)10-9-19(25)21(22)23;1-2-32(27,28)26-12-14-4-3-11-22(33(29,30)16-7-5-15(23)6-8-16)17(14)13-31-21-19(25)10-9-18(24)20(21)22/h4-9,14,17,29H,2-3,10-13H2,1H3;4-9,13,16H,2-3,10-12H2,1H3,(H,29,30);3-6,9-10,14,17-18,27H,1-2,7-8,11-13H2;5-10,14,17,26H,2-4,11-13H2,1H3/t14-,17-,23-;13-,16-,23-;14-,18-,23-;14-,17-,22-/m0000/s1. The van der Waals surface area contributed by atoms with E-state index in [4.69, 9.17) is 65.4 Å². The zero-order valence-corrected chi connectivity index (χ0v) is 81.9. The van der Waals surface area contributed by atoms with Crippen molar-refractivity contribution in [1.29, 1.82) is 0 Å². The maximum atomic E-state index is 15.3. The van der Waals surface area contributed by atoms with E-state index < -0.39 is 245 Å². The molecular formula is C91H94Cl4F12N4O19S7. The molecule has 1 amide bonds. The normalized spacial score (nSPS) is 25.2. The fraction of sp³-hybridized carbons (Fsp3) is 0.462. The second-order valence-electron chi connectivity index (χ2n) is 35.7. The van der Waals surface area contributed by atoms with E-state index in [1.165, 1.54) is 104 Å². The number of sulfonamides is 3. The van der Waals surface area contributed by atoms with Gasteiger partial charge in [0.05, 0.1) is 79.3 Å². The van der Waals surface area contributed by atoms with Crippen LogP contribution in [0.25, 0.3) is 0 Å². The molecule has 12 atom stereocenters. The van der Waals surface area contributed by atoms with Crippen LogP contribution in [0.3, 0.4) is 0 Å². The Morgan fingerprint density at radius 1 is 0.350 bits per heavy atom. The number of halogens is 16. The molecule has 23 nitrogen and oxygen atoms in total. The van der Waals surface area contributed by atoms with Gasteiger partial charge in [-0.3, -0.25) is 4.79 Å². The van der Waals surface area contributed by atoms with Gasteiger partial charge in [-0.15, -0.1) is 0 Å². The fourth-order valence-corrected chi connectivity index (χ4v) is 34.7. The summed E-state index contributed by atoms with van der Waals surface area (Å²) in [4.78, 5) is 11.3. The maximum Gasteiger partial charge on any atom is 0.321 e. The zero-order chi connectivity index (χ0) is 99.7. The number of hydrogen-bond donors (Lipinski definition) is 4. The van der Waals surface area contributed by atoms with Crippen molar-refractivity contribution in [2.24, 2.45) is 47.3 Å². The van der Waals surface area contributed by atoms with Gasteiger partial charge in [0.2, 0.25) is 30.1 Å². The molecular weight excluding hydrogens is 2050 g/mol. The molecule has 746 valence electrons. The summed E-state index contributed by atoms with van der Waals surface area (Å²) in [6.07, 6.45) is 4.25. The molecule has 5 fully saturated rings. The van der Waals surface area contributed by atoms with Crippen LogP contribution in [-0.2, 0) is 93.2 Å². The number of benzene rings is 8. The molecule has 17 rings (SSSR count). The lowest BCUT2D eigenvalue weighted by Crippen LogP contribution is -2.56. The molecule has 46 heteroatoms. The number of carbonyl (C=O) groups excluding carboxylic acids is 1. The van der Waals surface area contributed by atoms with Gasteiger partial charge in [-0.1, -0.05) is 72.1 Å². The van der Waals surface area contributed by atoms with Crippen LogP contribution in [0.2, 0.25) is 20.1 Å². The average molecular weight is 2140 g/mol. The molecule has 5 aliphatic carbocycles. The smallest absolute Gasteiger partial charge is 0.321 e. The third-order valence-electron chi connectivity index (χ3n) is 27.5. The molecule has 4 aliphatic heterocycles. The predicted molar refractivity (Wildman–Crippen MR) is 485 cm³/mol. The SMILES string of the molecule is CC(F)(F)C(=O)NC[C@@H]1CCC[C@@]2(S(=O)(=O)c3ccc(Cl)cc3)c3c(F)ccc(F)c3OC[C@@H]12.CC(F)(F)CS(=O)(=O)NC[C@@H]1CCC[C@@]2(S(=O)(=O)c3ccc(Cl)cc3)c3c(F)ccc(F)c3OC[C@@H]12.CCS(=O)(=O)NC[C@@H]1CCC[C@@]2(S(=O)(=O)c3ccc(Cl)cc3)c3c(F)ccc(F)c3OC[C@@H]12.O=S(=O)(NC[C@@H]1CCC[C@@]2(S(=O)(=O)c3ccc(Cl)cc3)c3c(F)ccc(F)c3OC[C@@H]12)C1CC1. The lowest BCUT2D eigenvalue weighted by atomic mass is 9.67. The number of sulfone groups is 4. The van der Waals surface area contributed by atoms with Crippen molar-refractivity contribution in [1.82, 2.24) is 19.5 Å². The first-order valence-electron chi connectivity index (χ1n) is 43.6. The summed E-state index contributed by atoms with van der Waals surface area (Å²) in [5, 5.41) is 2.99. The van der Waals surface area contributed by atoms with E-state index in [1.807, 2.05) is 0 Å². The average Bonchev–Trinajstić information content (AvgIpc) is 1.62. The van der Waals surface area contributed by atoms with Crippen molar-refractivity contribution in [3.05, 3.63) is 234 Å². The van der Waals surface area contributed by atoms with Crippen molar-refractivity contribution in [2.45, 2.75) is 166 Å². The highest BCUT2D eigenvalue weighted by Crippen LogP contribution is 2.64. The van der Waals surface area contributed by atoms with Crippen LogP contribution in [0.4, 0.5) is 52.7 Å². The Balaban J connectivity index is 0.000000146. The zero-order valence-electron chi connectivity index (χ0n) is 73.2. The van der Waals surface area contributed by atoms with E-state index in [-0.39, 0.29) is 133 Å². The number of rotatable bonds is 24. The molecule has 0 unspecified atom stereocenters. The maximum absolute atomic E-state index is 15.3. The summed E-state index contributed by atoms with van der Waals surface area (Å²) < 4.78 is 382. The van der Waals surface area contributed by atoms with Crippen LogP contribution in [0.1, 0.15) is 133 Å². The van der Waals surface area contributed by atoms with Crippen molar-refractivity contribution < 1.29 is 135 Å². The highest BCUT2D eigenvalue weighted by molar-refractivity contribution is 7.93. The Morgan fingerprint density at radius 2 is 0.591 bits per heavy atom. The lowest BCUT2D eigenvalue weighted by molar-refractivity contribution is -0.143. The van der Waals surface area contributed by atoms with E-state index in [2.05, 4.69) is 19.5 Å².